The number of carbonyl (C=O) groups is 1. The third-order valence-corrected chi connectivity index (χ3v) is 3.15. The number of anilines is 1. The first-order valence-electron chi connectivity index (χ1n) is 6.49. The molecule has 2 N–H and O–H groups in total. The zero-order valence-corrected chi connectivity index (χ0v) is 12.2. The highest BCUT2D eigenvalue weighted by molar-refractivity contribution is 5.93. The van der Waals surface area contributed by atoms with Gasteiger partial charge in [0.25, 0.3) is 5.91 Å². The predicted octanol–water partition coefficient (Wildman–Crippen LogP) is 2.66. The lowest BCUT2D eigenvalue weighted by atomic mass is 10.1. The normalized spacial score (nSPS) is 10.4. The third-order valence-electron chi connectivity index (χ3n) is 3.15. The van der Waals surface area contributed by atoms with Gasteiger partial charge in [-0.2, -0.15) is 5.10 Å². The number of aromatic amines is 1. The van der Waals surface area contributed by atoms with Gasteiger partial charge in [-0.15, -0.1) is 0 Å². The molecule has 0 aliphatic rings. The molecule has 0 atom stereocenters. The number of benzene rings is 1. The number of hydrogen-bond acceptors (Lipinski definition) is 3. The molecule has 20 heavy (non-hydrogen) atoms. The summed E-state index contributed by atoms with van der Waals surface area (Å²) in [6.07, 6.45) is 0. The van der Waals surface area contributed by atoms with Crippen molar-refractivity contribution in [3.8, 4) is 5.75 Å². The minimum atomic E-state index is -0.194. The lowest BCUT2D eigenvalue weighted by Crippen LogP contribution is -2.21. The Labute approximate surface area is 118 Å². The third kappa shape index (κ3) is 2.99. The van der Waals surface area contributed by atoms with Gasteiger partial charge in [0.15, 0.2) is 6.61 Å². The lowest BCUT2D eigenvalue weighted by molar-refractivity contribution is -0.118. The van der Waals surface area contributed by atoms with Crippen molar-refractivity contribution in [2.24, 2.45) is 0 Å². The van der Waals surface area contributed by atoms with Crippen LogP contribution in [0.25, 0.3) is 0 Å². The Hall–Kier alpha value is -2.30. The summed E-state index contributed by atoms with van der Waals surface area (Å²) in [4.78, 5) is 11.9. The van der Waals surface area contributed by atoms with Crippen LogP contribution >= 0.6 is 0 Å². The van der Waals surface area contributed by atoms with E-state index in [2.05, 4.69) is 15.5 Å². The molecule has 0 spiro atoms. The van der Waals surface area contributed by atoms with E-state index in [0.29, 0.717) is 0 Å². The summed E-state index contributed by atoms with van der Waals surface area (Å²) < 4.78 is 5.62. The van der Waals surface area contributed by atoms with Crippen LogP contribution < -0.4 is 10.1 Å². The first-order chi connectivity index (χ1) is 9.49. The monoisotopic (exact) mass is 273 g/mol. The Kier molecular flexibility index (Phi) is 4.08. The molecule has 0 fully saturated rings. The zero-order chi connectivity index (χ0) is 14.7. The van der Waals surface area contributed by atoms with Crippen molar-refractivity contribution in [2.75, 3.05) is 11.9 Å². The molecule has 1 heterocycles. The average molecular weight is 273 g/mol. The molecule has 5 nitrogen and oxygen atoms in total. The molecule has 1 aromatic carbocycles. The number of para-hydroxylation sites is 1. The standard InChI is InChI=1S/C15H19N3O2/c1-9-6-5-7-10(2)15(9)20-8-13(19)16-14-11(3)17-18-12(14)4/h5-7H,8H2,1-4H3,(H,16,19)(H,17,18). The average Bonchev–Trinajstić information content (AvgIpc) is 2.70. The van der Waals surface area contributed by atoms with E-state index < -0.39 is 0 Å². The van der Waals surface area contributed by atoms with E-state index in [1.807, 2.05) is 45.9 Å². The molecular weight excluding hydrogens is 254 g/mol. The van der Waals surface area contributed by atoms with E-state index in [-0.39, 0.29) is 12.5 Å². The Bertz CT molecular complexity index is 592. The van der Waals surface area contributed by atoms with E-state index in [4.69, 9.17) is 4.74 Å². The van der Waals surface area contributed by atoms with Gasteiger partial charge in [-0.1, -0.05) is 18.2 Å². The lowest BCUT2D eigenvalue weighted by Gasteiger charge is -2.12. The van der Waals surface area contributed by atoms with Crippen LogP contribution in [0.4, 0.5) is 5.69 Å². The molecule has 2 aromatic rings. The van der Waals surface area contributed by atoms with E-state index in [0.717, 1.165) is 34.0 Å². The van der Waals surface area contributed by atoms with Gasteiger partial charge in [-0.25, -0.2) is 0 Å². The van der Waals surface area contributed by atoms with Gasteiger partial charge >= 0.3 is 0 Å². The van der Waals surface area contributed by atoms with Gasteiger partial charge in [0.2, 0.25) is 0 Å². The maximum Gasteiger partial charge on any atom is 0.262 e. The van der Waals surface area contributed by atoms with E-state index in [1.54, 1.807) is 0 Å². The van der Waals surface area contributed by atoms with Crippen molar-refractivity contribution in [1.82, 2.24) is 10.2 Å². The molecule has 0 saturated carbocycles. The SMILES string of the molecule is Cc1cccc(C)c1OCC(=O)Nc1c(C)n[nH]c1C. The summed E-state index contributed by atoms with van der Waals surface area (Å²) in [5.74, 6) is 0.573. The second-order valence-electron chi connectivity index (χ2n) is 4.87. The van der Waals surface area contributed by atoms with Crippen LogP contribution in [0.15, 0.2) is 18.2 Å². The van der Waals surface area contributed by atoms with Crippen LogP contribution in [-0.4, -0.2) is 22.7 Å². The van der Waals surface area contributed by atoms with E-state index in [1.165, 1.54) is 0 Å². The highest BCUT2D eigenvalue weighted by Gasteiger charge is 2.11. The van der Waals surface area contributed by atoms with Crippen molar-refractivity contribution >= 4 is 11.6 Å². The van der Waals surface area contributed by atoms with Gasteiger partial charge in [0, 0.05) is 0 Å². The minimum Gasteiger partial charge on any atom is -0.483 e. The van der Waals surface area contributed by atoms with Crippen LogP contribution in [0.1, 0.15) is 22.5 Å². The Morgan fingerprint density at radius 1 is 1.25 bits per heavy atom. The predicted molar refractivity (Wildman–Crippen MR) is 78.1 cm³/mol. The summed E-state index contributed by atoms with van der Waals surface area (Å²) >= 11 is 0. The molecular formula is C15H19N3O2. The number of H-pyrrole nitrogens is 1. The fourth-order valence-corrected chi connectivity index (χ4v) is 2.08. The molecule has 1 aromatic heterocycles. The summed E-state index contributed by atoms with van der Waals surface area (Å²) in [6, 6.07) is 5.89. The molecule has 0 unspecified atom stereocenters. The fourth-order valence-electron chi connectivity index (χ4n) is 2.08. The van der Waals surface area contributed by atoms with Crippen molar-refractivity contribution < 1.29 is 9.53 Å². The molecule has 0 aliphatic carbocycles. The van der Waals surface area contributed by atoms with Crippen molar-refractivity contribution in [2.45, 2.75) is 27.7 Å². The first-order valence-corrected chi connectivity index (χ1v) is 6.49. The smallest absolute Gasteiger partial charge is 0.262 e. The number of aromatic nitrogens is 2. The van der Waals surface area contributed by atoms with E-state index >= 15 is 0 Å². The van der Waals surface area contributed by atoms with Crippen LogP contribution in [-0.2, 0) is 4.79 Å². The minimum absolute atomic E-state index is 0.0181. The van der Waals surface area contributed by atoms with Crippen LogP contribution in [0.2, 0.25) is 0 Å². The Balaban J connectivity index is 2.00. The number of carbonyl (C=O) groups excluding carboxylic acids is 1. The fraction of sp³-hybridized carbons (Fsp3) is 0.333. The first kappa shape index (κ1) is 14.1. The van der Waals surface area contributed by atoms with Gasteiger partial charge in [-0.3, -0.25) is 9.89 Å². The van der Waals surface area contributed by atoms with Gasteiger partial charge in [0.05, 0.1) is 17.1 Å². The number of amides is 1. The molecule has 0 saturated heterocycles. The maximum absolute atomic E-state index is 11.9. The molecule has 5 heteroatoms. The van der Waals surface area contributed by atoms with Gasteiger partial charge in [-0.05, 0) is 38.8 Å². The molecule has 1 amide bonds. The number of hydrogen-bond donors (Lipinski definition) is 2. The molecule has 0 bridgehead atoms. The highest BCUT2D eigenvalue weighted by atomic mass is 16.5. The molecule has 0 aliphatic heterocycles. The molecule has 2 rings (SSSR count). The quantitative estimate of drug-likeness (QED) is 0.900. The van der Waals surface area contributed by atoms with Crippen molar-refractivity contribution in [3.05, 3.63) is 40.7 Å². The summed E-state index contributed by atoms with van der Waals surface area (Å²) in [6.45, 7) is 7.61. The number of nitrogens with zero attached hydrogens (tertiary/aromatic N) is 1. The largest absolute Gasteiger partial charge is 0.483 e. The topological polar surface area (TPSA) is 67.0 Å². The number of ether oxygens (including phenoxy) is 1. The van der Waals surface area contributed by atoms with Crippen LogP contribution in [0.5, 0.6) is 5.75 Å². The zero-order valence-electron chi connectivity index (χ0n) is 12.2. The molecule has 106 valence electrons. The van der Waals surface area contributed by atoms with Crippen LogP contribution in [0.3, 0.4) is 0 Å². The molecule has 0 radical (unpaired) electrons. The van der Waals surface area contributed by atoms with Crippen molar-refractivity contribution in [1.29, 1.82) is 0 Å². The number of aryl methyl sites for hydroxylation is 4. The number of nitrogens with one attached hydrogen (secondary N) is 2. The number of rotatable bonds is 4. The Morgan fingerprint density at radius 2 is 1.90 bits per heavy atom. The van der Waals surface area contributed by atoms with E-state index in [9.17, 15) is 4.79 Å². The van der Waals surface area contributed by atoms with Gasteiger partial charge in [0.1, 0.15) is 5.75 Å². The summed E-state index contributed by atoms with van der Waals surface area (Å²) in [7, 11) is 0. The second kappa shape index (κ2) is 5.77. The van der Waals surface area contributed by atoms with Crippen molar-refractivity contribution in [3.63, 3.8) is 0 Å². The Morgan fingerprint density at radius 3 is 2.45 bits per heavy atom. The second-order valence-corrected chi connectivity index (χ2v) is 4.87. The van der Waals surface area contributed by atoms with Gasteiger partial charge < -0.3 is 10.1 Å². The summed E-state index contributed by atoms with van der Waals surface area (Å²) in [5.41, 5.74) is 4.37. The maximum atomic E-state index is 11.9. The van der Waals surface area contributed by atoms with Crippen LogP contribution in [0, 0.1) is 27.7 Å². The summed E-state index contributed by atoms with van der Waals surface area (Å²) in [5, 5.41) is 9.67. The highest BCUT2D eigenvalue weighted by Crippen LogP contribution is 2.22.